The summed E-state index contributed by atoms with van der Waals surface area (Å²) in [6.07, 6.45) is 0.637. The van der Waals surface area contributed by atoms with Crippen LogP contribution in [0, 0.1) is 0 Å². The summed E-state index contributed by atoms with van der Waals surface area (Å²) in [5.74, 6) is 0. The lowest BCUT2D eigenvalue weighted by Crippen LogP contribution is -1.95. The van der Waals surface area contributed by atoms with Crippen LogP contribution < -0.4 is 11.5 Å². The SMILES string of the molecule is [2H]C(B)Cc1ccc(N)c(N)c1. The molecule has 0 aliphatic carbocycles. The van der Waals surface area contributed by atoms with Gasteiger partial charge >= 0.3 is 0 Å². The maximum atomic E-state index is 7.37. The van der Waals surface area contributed by atoms with Gasteiger partial charge in [-0.05, 0) is 24.1 Å². The molecule has 11 heavy (non-hydrogen) atoms. The molecule has 0 fully saturated rings. The van der Waals surface area contributed by atoms with Gasteiger partial charge in [-0.1, -0.05) is 12.4 Å². The highest BCUT2D eigenvalue weighted by Gasteiger charge is 1.95. The molecule has 0 radical (unpaired) electrons. The van der Waals surface area contributed by atoms with E-state index in [1.165, 1.54) is 0 Å². The van der Waals surface area contributed by atoms with E-state index in [1.54, 1.807) is 6.07 Å². The molecular formula is C8H13BN2. The zero-order valence-electron chi connectivity index (χ0n) is 7.67. The minimum atomic E-state index is -0.0898. The number of aryl methyl sites for hydroxylation is 1. The third kappa shape index (κ3) is 1.90. The summed E-state index contributed by atoms with van der Waals surface area (Å²) in [4.78, 5) is 0. The minimum absolute atomic E-state index is 0.0898. The Hall–Kier alpha value is -1.12. The Balaban J connectivity index is 2.82. The number of benzene rings is 1. The van der Waals surface area contributed by atoms with Crippen LogP contribution in [0.4, 0.5) is 11.4 Å². The van der Waals surface area contributed by atoms with Crippen molar-refractivity contribution in [1.82, 2.24) is 0 Å². The molecule has 4 N–H and O–H groups in total. The number of rotatable bonds is 2. The van der Waals surface area contributed by atoms with Crippen LogP contribution in [-0.2, 0) is 6.42 Å². The normalized spacial score (nSPS) is 14.0. The van der Waals surface area contributed by atoms with E-state index < -0.39 is 0 Å². The Kier molecular flexibility index (Phi) is 1.99. The molecule has 58 valence electrons. The highest BCUT2D eigenvalue weighted by atomic mass is 14.7. The van der Waals surface area contributed by atoms with Crippen molar-refractivity contribution in [2.45, 2.75) is 12.7 Å². The molecule has 1 rings (SSSR count). The number of hydrogen-bond acceptors (Lipinski definition) is 2. The van der Waals surface area contributed by atoms with E-state index in [-0.39, 0.29) is 6.30 Å². The second kappa shape index (κ2) is 3.33. The largest absolute Gasteiger partial charge is 0.397 e. The van der Waals surface area contributed by atoms with E-state index in [0.29, 0.717) is 11.4 Å². The van der Waals surface area contributed by atoms with E-state index in [4.69, 9.17) is 12.8 Å². The molecule has 0 amide bonds. The Bertz CT molecular complexity index is 276. The van der Waals surface area contributed by atoms with E-state index in [1.807, 2.05) is 20.0 Å². The van der Waals surface area contributed by atoms with Gasteiger partial charge in [-0.2, -0.15) is 0 Å². The quantitative estimate of drug-likeness (QED) is 0.473. The number of nitrogen functional groups attached to an aromatic ring is 2. The monoisotopic (exact) mass is 149 g/mol. The summed E-state index contributed by atoms with van der Waals surface area (Å²) in [5, 5.41) is 0. The summed E-state index contributed by atoms with van der Waals surface area (Å²) >= 11 is 0. The van der Waals surface area contributed by atoms with Crippen molar-refractivity contribution in [3.8, 4) is 0 Å². The maximum absolute atomic E-state index is 7.37. The third-order valence-electron chi connectivity index (χ3n) is 1.59. The molecule has 1 aromatic carbocycles. The first kappa shape index (κ1) is 6.59. The highest BCUT2D eigenvalue weighted by Crippen LogP contribution is 2.16. The van der Waals surface area contributed by atoms with Crippen LogP contribution in [0.3, 0.4) is 0 Å². The topological polar surface area (TPSA) is 52.0 Å². The van der Waals surface area contributed by atoms with Crippen LogP contribution in [0.1, 0.15) is 6.93 Å². The fourth-order valence-electron chi connectivity index (χ4n) is 0.987. The molecule has 0 aliphatic heterocycles. The lowest BCUT2D eigenvalue weighted by molar-refractivity contribution is 1.14. The van der Waals surface area contributed by atoms with Gasteiger partial charge in [-0.3, -0.25) is 0 Å². The smallest absolute Gasteiger partial charge is 0.101 e. The fourth-order valence-corrected chi connectivity index (χ4v) is 0.987. The van der Waals surface area contributed by atoms with Crippen molar-refractivity contribution in [2.75, 3.05) is 11.5 Å². The molecule has 1 unspecified atom stereocenters. The van der Waals surface area contributed by atoms with Crippen LogP contribution >= 0.6 is 0 Å². The van der Waals surface area contributed by atoms with Crippen LogP contribution in [0.15, 0.2) is 18.2 Å². The molecule has 0 aromatic heterocycles. The minimum Gasteiger partial charge on any atom is -0.397 e. The second-order valence-electron chi connectivity index (χ2n) is 2.58. The van der Waals surface area contributed by atoms with Crippen LogP contribution in [0.2, 0.25) is 6.30 Å². The third-order valence-corrected chi connectivity index (χ3v) is 1.59. The predicted molar refractivity (Wildman–Crippen MR) is 52.3 cm³/mol. The van der Waals surface area contributed by atoms with E-state index >= 15 is 0 Å². The molecule has 3 heteroatoms. The number of hydrogen-bond donors (Lipinski definition) is 2. The van der Waals surface area contributed by atoms with Gasteiger partial charge in [-0.25, -0.2) is 0 Å². The van der Waals surface area contributed by atoms with E-state index in [2.05, 4.69) is 0 Å². The first-order chi connectivity index (χ1) is 5.59. The van der Waals surface area contributed by atoms with Crippen molar-refractivity contribution < 1.29 is 1.37 Å². The van der Waals surface area contributed by atoms with Gasteiger partial charge in [0.05, 0.1) is 11.4 Å². The van der Waals surface area contributed by atoms with Crippen molar-refractivity contribution in [3.63, 3.8) is 0 Å². The standard InChI is InChI=1S/C8H13BN2/c9-4-3-6-1-2-7(10)8(11)5-6/h1-2,5H,3-4,9-11H2/i4D. The molecule has 0 saturated carbocycles. The summed E-state index contributed by atoms with van der Waals surface area (Å²) in [7, 11) is 1.85. The lowest BCUT2D eigenvalue weighted by atomic mass is 9.97. The average Bonchev–Trinajstić information content (AvgIpc) is 1.96. The molecule has 0 bridgehead atoms. The fraction of sp³-hybridized carbons (Fsp3) is 0.250. The predicted octanol–water partition coefficient (Wildman–Crippen LogP) is 0.445. The van der Waals surface area contributed by atoms with Gasteiger partial charge in [-0.15, -0.1) is 0 Å². The Morgan fingerprint density at radius 3 is 2.64 bits per heavy atom. The first-order valence-electron chi connectivity index (χ1n) is 4.23. The molecule has 0 aliphatic rings. The van der Waals surface area contributed by atoms with Gasteiger partial charge in [0.15, 0.2) is 0 Å². The number of anilines is 2. The van der Waals surface area contributed by atoms with E-state index in [0.717, 1.165) is 12.0 Å². The van der Waals surface area contributed by atoms with Crippen molar-refractivity contribution in [3.05, 3.63) is 23.8 Å². The van der Waals surface area contributed by atoms with Gasteiger partial charge in [0.2, 0.25) is 0 Å². The second-order valence-corrected chi connectivity index (χ2v) is 2.58. The average molecular weight is 149 g/mol. The summed E-state index contributed by atoms with van der Waals surface area (Å²) < 4.78 is 7.37. The molecule has 0 spiro atoms. The molecule has 1 aromatic rings. The van der Waals surface area contributed by atoms with Gasteiger partial charge in [0.1, 0.15) is 7.85 Å². The zero-order valence-corrected chi connectivity index (χ0v) is 6.67. The van der Waals surface area contributed by atoms with Crippen molar-refractivity contribution in [1.29, 1.82) is 0 Å². The van der Waals surface area contributed by atoms with Gasteiger partial charge < -0.3 is 11.5 Å². The van der Waals surface area contributed by atoms with Crippen LogP contribution in [-0.4, -0.2) is 7.85 Å². The Morgan fingerprint density at radius 1 is 1.36 bits per heavy atom. The molecule has 0 heterocycles. The Labute approximate surface area is 69.4 Å². The molecule has 2 nitrogen and oxygen atoms in total. The van der Waals surface area contributed by atoms with Crippen LogP contribution in [0.5, 0.6) is 0 Å². The zero-order chi connectivity index (χ0) is 9.14. The number of nitrogens with two attached hydrogens (primary N) is 2. The molecular weight excluding hydrogens is 135 g/mol. The Morgan fingerprint density at radius 2 is 2.09 bits per heavy atom. The van der Waals surface area contributed by atoms with E-state index in [9.17, 15) is 0 Å². The summed E-state index contributed by atoms with van der Waals surface area (Å²) in [5.41, 5.74) is 13.4. The first-order valence-corrected chi connectivity index (χ1v) is 3.65. The molecule has 1 atom stereocenters. The lowest BCUT2D eigenvalue weighted by Gasteiger charge is -2.02. The highest BCUT2D eigenvalue weighted by molar-refractivity contribution is 6.08. The van der Waals surface area contributed by atoms with Crippen molar-refractivity contribution in [2.24, 2.45) is 0 Å². The van der Waals surface area contributed by atoms with Crippen molar-refractivity contribution >= 4 is 19.2 Å². The van der Waals surface area contributed by atoms with Gasteiger partial charge in [0.25, 0.3) is 0 Å². The van der Waals surface area contributed by atoms with Gasteiger partial charge in [0, 0.05) is 1.37 Å². The summed E-state index contributed by atoms with van der Waals surface area (Å²) in [6, 6.07) is 5.53. The maximum Gasteiger partial charge on any atom is 0.101 e. The summed E-state index contributed by atoms with van der Waals surface area (Å²) in [6.45, 7) is 0. The molecule has 0 saturated heterocycles. The van der Waals surface area contributed by atoms with Crippen LogP contribution in [0.25, 0.3) is 0 Å².